The van der Waals surface area contributed by atoms with E-state index < -0.39 is 34.0 Å². The summed E-state index contributed by atoms with van der Waals surface area (Å²) in [6.45, 7) is 11.8. The molecule has 4 N–H and O–H groups in total. The average Bonchev–Trinajstić information content (AvgIpc) is 2.66. The van der Waals surface area contributed by atoms with Crippen LogP contribution in [0.25, 0.3) is 0 Å². The van der Waals surface area contributed by atoms with Crippen LogP contribution in [-0.2, 0) is 9.59 Å². The number of carbonyl (C=O) groups is 2. The van der Waals surface area contributed by atoms with E-state index in [0.717, 1.165) is 0 Å². The van der Waals surface area contributed by atoms with Gasteiger partial charge in [-0.15, -0.1) is 0 Å². The van der Waals surface area contributed by atoms with Gasteiger partial charge in [0.25, 0.3) is 0 Å². The zero-order valence-electron chi connectivity index (χ0n) is 19.6. The summed E-state index contributed by atoms with van der Waals surface area (Å²) in [5.74, 6) is -1.57. The minimum absolute atomic E-state index is 0.374. The minimum atomic E-state index is -2.77. The van der Waals surface area contributed by atoms with Crippen LogP contribution in [0.2, 0.25) is 0 Å². The van der Waals surface area contributed by atoms with Crippen molar-refractivity contribution < 1.29 is 30.0 Å². The molecule has 0 aromatic rings. The molecule has 2 atom stereocenters. The van der Waals surface area contributed by atoms with Gasteiger partial charge in [0.1, 0.15) is 0 Å². The Bertz CT molecular complexity index is 584. The van der Waals surface area contributed by atoms with Crippen LogP contribution < -0.4 is 0 Å². The van der Waals surface area contributed by atoms with Gasteiger partial charge in [-0.1, -0.05) is 41.5 Å². The van der Waals surface area contributed by atoms with Gasteiger partial charge in [-0.2, -0.15) is 0 Å². The third-order valence-corrected chi connectivity index (χ3v) is 9.04. The van der Waals surface area contributed by atoms with Crippen molar-refractivity contribution in [3.05, 3.63) is 0 Å². The van der Waals surface area contributed by atoms with Gasteiger partial charge >= 0.3 is 11.9 Å². The maximum absolute atomic E-state index is 12.6. The molecule has 2 aliphatic rings. The largest absolute Gasteiger partial charge is 0.479 e. The summed E-state index contributed by atoms with van der Waals surface area (Å²) in [5, 5.41) is 43.9. The van der Waals surface area contributed by atoms with Crippen LogP contribution in [0, 0.1) is 34.5 Å². The second kappa shape index (κ2) is 8.42. The molecule has 2 fully saturated rings. The molecule has 0 aromatic carbocycles. The summed E-state index contributed by atoms with van der Waals surface area (Å²) in [7, 11) is 0. The van der Waals surface area contributed by atoms with Gasteiger partial charge in [-0.25, -0.2) is 9.59 Å². The fraction of sp³-hybridized carbons (Fsp3) is 0.917. The third kappa shape index (κ3) is 3.68. The molecular formula is C24H42O6. The number of aliphatic hydroxyl groups is 2. The highest BCUT2D eigenvalue weighted by Crippen LogP contribution is 2.59. The summed E-state index contributed by atoms with van der Waals surface area (Å²) >= 11 is 0. The molecule has 2 saturated carbocycles. The van der Waals surface area contributed by atoms with E-state index in [2.05, 4.69) is 27.7 Å². The molecule has 0 unspecified atom stereocenters. The van der Waals surface area contributed by atoms with Crippen molar-refractivity contribution in [3.63, 3.8) is 0 Å². The van der Waals surface area contributed by atoms with E-state index in [-0.39, 0.29) is 0 Å². The molecule has 2 rings (SSSR count). The average molecular weight is 427 g/mol. The van der Waals surface area contributed by atoms with Gasteiger partial charge in [0.2, 0.25) is 11.2 Å². The Labute approximate surface area is 181 Å². The molecule has 0 aliphatic heterocycles. The fourth-order valence-electron chi connectivity index (χ4n) is 6.31. The van der Waals surface area contributed by atoms with Crippen LogP contribution >= 0.6 is 0 Å². The molecule has 6 heteroatoms. The first kappa shape index (κ1) is 25.1. The van der Waals surface area contributed by atoms with E-state index in [1.54, 1.807) is 13.8 Å². The monoisotopic (exact) mass is 426 g/mol. The Balaban J connectivity index is 2.50. The van der Waals surface area contributed by atoms with E-state index in [4.69, 9.17) is 0 Å². The van der Waals surface area contributed by atoms with Crippen molar-refractivity contribution >= 4 is 11.9 Å². The summed E-state index contributed by atoms with van der Waals surface area (Å²) in [6.07, 6.45) is 4.35. The first-order chi connectivity index (χ1) is 13.7. The van der Waals surface area contributed by atoms with Crippen LogP contribution in [0.15, 0.2) is 0 Å². The van der Waals surface area contributed by atoms with Crippen LogP contribution in [-0.4, -0.2) is 43.6 Å². The summed E-state index contributed by atoms with van der Waals surface area (Å²) in [5.41, 5.74) is -8.00. The minimum Gasteiger partial charge on any atom is -0.479 e. The van der Waals surface area contributed by atoms with Crippen molar-refractivity contribution in [3.8, 4) is 0 Å². The third-order valence-electron chi connectivity index (χ3n) is 9.04. The molecular weight excluding hydrogens is 384 g/mol. The number of carboxylic acid groups (broad SMARTS) is 2. The van der Waals surface area contributed by atoms with Gasteiger partial charge < -0.3 is 20.4 Å². The molecule has 174 valence electrons. The van der Waals surface area contributed by atoms with Crippen LogP contribution in [0.4, 0.5) is 0 Å². The van der Waals surface area contributed by atoms with Gasteiger partial charge in [0, 0.05) is 10.8 Å². The van der Waals surface area contributed by atoms with Crippen molar-refractivity contribution in [2.45, 2.75) is 104 Å². The summed E-state index contributed by atoms with van der Waals surface area (Å²) in [4.78, 5) is 25.2. The maximum Gasteiger partial charge on any atom is 0.340 e. The molecule has 0 radical (unpaired) electrons. The number of rotatable bonds is 7. The first-order valence-corrected chi connectivity index (χ1v) is 11.6. The molecule has 6 nitrogen and oxygen atoms in total. The lowest BCUT2D eigenvalue weighted by Gasteiger charge is -2.58. The van der Waals surface area contributed by atoms with E-state index in [9.17, 15) is 30.0 Å². The van der Waals surface area contributed by atoms with E-state index >= 15 is 0 Å². The zero-order valence-corrected chi connectivity index (χ0v) is 19.6. The van der Waals surface area contributed by atoms with Crippen molar-refractivity contribution in [2.75, 3.05) is 0 Å². The smallest absolute Gasteiger partial charge is 0.340 e. The Morgan fingerprint density at radius 3 is 1.10 bits per heavy atom. The van der Waals surface area contributed by atoms with Gasteiger partial charge in [-0.3, -0.25) is 0 Å². The quantitative estimate of drug-likeness (QED) is 0.482. The van der Waals surface area contributed by atoms with Crippen LogP contribution in [0.1, 0.15) is 92.9 Å². The molecule has 0 spiro atoms. The predicted molar refractivity (Wildman–Crippen MR) is 115 cm³/mol. The topological polar surface area (TPSA) is 115 Å². The predicted octanol–water partition coefficient (Wildman–Crippen LogP) is 4.32. The van der Waals surface area contributed by atoms with Crippen molar-refractivity contribution in [2.24, 2.45) is 34.5 Å². The highest BCUT2D eigenvalue weighted by Gasteiger charge is 2.74. The second-order valence-electron chi connectivity index (χ2n) is 11.3. The number of hydrogen-bond acceptors (Lipinski definition) is 4. The van der Waals surface area contributed by atoms with E-state index in [1.165, 1.54) is 0 Å². The second-order valence-corrected chi connectivity index (χ2v) is 11.3. The number of aliphatic carboxylic acids is 2. The van der Waals surface area contributed by atoms with Gasteiger partial charge in [0.05, 0.1) is 0 Å². The molecule has 0 aromatic heterocycles. The first-order valence-electron chi connectivity index (χ1n) is 11.6. The molecule has 0 bridgehead atoms. The maximum atomic E-state index is 12.6. The Kier molecular flexibility index (Phi) is 7.05. The lowest BCUT2D eigenvalue weighted by Crippen LogP contribution is -2.76. The van der Waals surface area contributed by atoms with E-state index in [0.29, 0.717) is 75.0 Å². The fourth-order valence-corrected chi connectivity index (χ4v) is 6.31. The summed E-state index contributed by atoms with van der Waals surface area (Å²) < 4.78 is 0. The lowest BCUT2D eigenvalue weighted by atomic mass is 9.48. The van der Waals surface area contributed by atoms with E-state index in [1.807, 2.05) is 0 Å². The highest BCUT2D eigenvalue weighted by atomic mass is 16.5. The molecule has 0 heterocycles. The van der Waals surface area contributed by atoms with Crippen molar-refractivity contribution in [1.82, 2.24) is 0 Å². The Morgan fingerprint density at radius 2 is 0.933 bits per heavy atom. The van der Waals surface area contributed by atoms with Crippen LogP contribution in [0.3, 0.4) is 0 Å². The number of hydrogen-bond donors (Lipinski definition) is 4. The Morgan fingerprint density at radius 1 is 0.700 bits per heavy atom. The molecule has 2 aliphatic carbocycles. The lowest BCUT2D eigenvalue weighted by molar-refractivity contribution is -0.270. The van der Waals surface area contributed by atoms with Crippen LogP contribution in [0.5, 0.6) is 0 Å². The molecule has 30 heavy (non-hydrogen) atoms. The van der Waals surface area contributed by atoms with Gasteiger partial charge in [0.15, 0.2) is 0 Å². The molecule has 0 saturated heterocycles. The normalized spacial score (nSPS) is 36.9. The number of carboxylic acids is 2. The Hall–Kier alpha value is -1.14. The standard InChI is InChI=1S/C24H42O6/c1-15(2)17-7-11-21(5,12-8-17)23(29,19(25)26)24(30,20(27)28)22(6)13-9-18(10-14-22)16(3)4/h15-18,29-30H,7-14H2,1-6H3,(H,25,26)(H,27,28)/t17?,18?,21?,22?,23-,24-/m1/s1. The molecule has 0 amide bonds. The highest BCUT2D eigenvalue weighted by molar-refractivity contribution is 5.92. The zero-order chi connectivity index (χ0) is 23.1. The summed E-state index contributed by atoms with van der Waals surface area (Å²) in [6, 6.07) is 0. The van der Waals surface area contributed by atoms with Crippen molar-refractivity contribution in [1.29, 1.82) is 0 Å². The van der Waals surface area contributed by atoms with Gasteiger partial charge in [-0.05, 0) is 75.0 Å². The SMILES string of the molecule is CC(C)C1CCC(C)([C@](O)(C(=O)O)[C@@](O)(C(=O)O)C2(C)CCC(C(C)C)CC2)CC1.